The number of hydrogen-bond donors (Lipinski definition) is 1. The Kier molecular flexibility index (Phi) is 4.31. The van der Waals surface area contributed by atoms with Gasteiger partial charge in [-0.1, -0.05) is 6.92 Å². The van der Waals surface area contributed by atoms with Crippen LogP contribution in [0.1, 0.15) is 24.2 Å². The Morgan fingerprint density at radius 2 is 1.72 bits per heavy atom. The second-order valence-electron chi connectivity index (χ2n) is 3.51. The standard InChI is InChI=1S/C12H12N2O4/c1-7(15)11(8(2)16)14-13-10-5-3-9(4-6-10)12(17)18/h3-6,15H,1-2H3,(H,17,18)/p-1/b11-7+,14-13?. The molecule has 1 N–H and O–H groups in total. The lowest BCUT2D eigenvalue weighted by atomic mass is 10.2. The highest BCUT2D eigenvalue weighted by Gasteiger charge is 2.03. The molecule has 0 bridgehead atoms. The zero-order chi connectivity index (χ0) is 13.7. The van der Waals surface area contributed by atoms with Crippen LogP contribution in [0.2, 0.25) is 0 Å². The van der Waals surface area contributed by atoms with E-state index in [0.29, 0.717) is 5.69 Å². The maximum Gasteiger partial charge on any atom is 0.335 e. The first-order valence-corrected chi connectivity index (χ1v) is 5.05. The van der Waals surface area contributed by atoms with Gasteiger partial charge in [-0.2, -0.15) is 5.11 Å². The number of carbonyl (C=O) groups excluding carboxylic acids is 1. The SMILES string of the molecule is CC(=O)/C(N=Nc1ccc(C(=O)O)cc1)=C(/C)[O-]. The number of nitrogens with zero attached hydrogens (tertiary/aromatic N) is 2. The molecule has 0 aromatic heterocycles. The number of ketones is 1. The maximum absolute atomic E-state index is 11.1. The third-order valence-electron chi connectivity index (χ3n) is 2.05. The average molecular weight is 247 g/mol. The summed E-state index contributed by atoms with van der Waals surface area (Å²) in [6.07, 6.45) is 0. The van der Waals surface area contributed by atoms with E-state index >= 15 is 0 Å². The van der Waals surface area contributed by atoms with Gasteiger partial charge in [0.05, 0.1) is 11.3 Å². The molecule has 0 atom stereocenters. The van der Waals surface area contributed by atoms with E-state index in [-0.39, 0.29) is 11.3 Å². The molecular weight excluding hydrogens is 236 g/mol. The van der Waals surface area contributed by atoms with Crippen LogP contribution in [0, 0.1) is 0 Å². The highest BCUT2D eigenvalue weighted by atomic mass is 16.4. The number of aromatic carboxylic acids is 1. The Balaban J connectivity index is 2.94. The molecule has 0 aliphatic rings. The third-order valence-corrected chi connectivity index (χ3v) is 2.05. The summed E-state index contributed by atoms with van der Waals surface area (Å²) in [5.74, 6) is -1.97. The number of Topliss-reactive ketones (excluding diaryl/α,β-unsaturated/α-hetero) is 1. The van der Waals surface area contributed by atoms with Gasteiger partial charge in [0.25, 0.3) is 0 Å². The second kappa shape index (κ2) is 5.72. The first-order valence-electron chi connectivity index (χ1n) is 5.05. The van der Waals surface area contributed by atoms with Crippen LogP contribution in [0.4, 0.5) is 5.69 Å². The highest BCUT2D eigenvalue weighted by molar-refractivity contribution is 5.93. The minimum Gasteiger partial charge on any atom is -0.874 e. The van der Waals surface area contributed by atoms with Crippen molar-refractivity contribution in [1.82, 2.24) is 0 Å². The Labute approximate surface area is 103 Å². The summed E-state index contributed by atoms with van der Waals surface area (Å²) in [5.41, 5.74) is 0.244. The molecule has 0 heterocycles. The van der Waals surface area contributed by atoms with Gasteiger partial charge in [-0.05, 0) is 24.3 Å². The molecule has 0 aliphatic carbocycles. The monoisotopic (exact) mass is 247 g/mol. The lowest BCUT2D eigenvalue weighted by molar-refractivity contribution is -0.303. The van der Waals surface area contributed by atoms with E-state index in [0.717, 1.165) is 0 Å². The molecule has 1 rings (SSSR count). The van der Waals surface area contributed by atoms with Crippen LogP contribution >= 0.6 is 0 Å². The summed E-state index contributed by atoms with van der Waals surface area (Å²) in [7, 11) is 0. The van der Waals surface area contributed by atoms with E-state index in [1.807, 2.05) is 0 Å². The molecule has 6 nitrogen and oxygen atoms in total. The summed E-state index contributed by atoms with van der Waals surface area (Å²) >= 11 is 0. The molecular formula is C12H11N2O4-. The van der Waals surface area contributed by atoms with E-state index in [1.54, 1.807) is 0 Å². The van der Waals surface area contributed by atoms with E-state index in [2.05, 4.69) is 10.2 Å². The van der Waals surface area contributed by atoms with Gasteiger partial charge in [0.2, 0.25) is 0 Å². The minimum atomic E-state index is -1.04. The lowest BCUT2D eigenvalue weighted by Gasteiger charge is -2.06. The summed E-state index contributed by atoms with van der Waals surface area (Å²) in [4.78, 5) is 21.7. The topological polar surface area (TPSA) is 102 Å². The number of carboxylic acids is 1. The fourth-order valence-electron chi connectivity index (χ4n) is 1.17. The first-order chi connectivity index (χ1) is 8.41. The molecule has 0 saturated carbocycles. The Hall–Kier alpha value is -2.50. The number of allylic oxidation sites excluding steroid dienone is 2. The first kappa shape index (κ1) is 13.6. The van der Waals surface area contributed by atoms with Crippen LogP contribution in [-0.2, 0) is 4.79 Å². The fourth-order valence-corrected chi connectivity index (χ4v) is 1.17. The van der Waals surface area contributed by atoms with Crippen molar-refractivity contribution in [3.63, 3.8) is 0 Å². The molecule has 6 heteroatoms. The van der Waals surface area contributed by atoms with Crippen molar-refractivity contribution >= 4 is 17.4 Å². The molecule has 1 aromatic rings. The molecule has 0 unspecified atom stereocenters. The largest absolute Gasteiger partial charge is 0.874 e. The molecule has 0 amide bonds. The van der Waals surface area contributed by atoms with Gasteiger partial charge in [-0.15, -0.1) is 10.9 Å². The molecule has 0 aliphatic heterocycles. The van der Waals surface area contributed by atoms with E-state index < -0.39 is 17.5 Å². The summed E-state index contributed by atoms with van der Waals surface area (Å²) in [6.45, 7) is 2.45. The number of carboxylic acid groups (broad SMARTS) is 1. The van der Waals surface area contributed by atoms with Crippen molar-refractivity contribution < 1.29 is 19.8 Å². The van der Waals surface area contributed by atoms with Crippen LogP contribution in [0.5, 0.6) is 0 Å². The van der Waals surface area contributed by atoms with Crippen LogP contribution in [0.25, 0.3) is 0 Å². The molecule has 94 valence electrons. The number of hydrogen-bond acceptors (Lipinski definition) is 5. The maximum atomic E-state index is 11.1. The number of azo groups is 1. The number of rotatable bonds is 4. The highest BCUT2D eigenvalue weighted by Crippen LogP contribution is 2.15. The van der Waals surface area contributed by atoms with Gasteiger partial charge in [-0.3, -0.25) is 4.79 Å². The Morgan fingerprint density at radius 1 is 1.17 bits per heavy atom. The smallest absolute Gasteiger partial charge is 0.335 e. The summed E-state index contributed by atoms with van der Waals surface area (Å²) in [6, 6.07) is 5.59. The third kappa shape index (κ3) is 3.51. The van der Waals surface area contributed by atoms with Crippen LogP contribution in [-0.4, -0.2) is 16.9 Å². The number of benzene rings is 1. The zero-order valence-electron chi connectivity index (χ0n) is 9.88. The van der Waals surface area contributed by atoms with E-state index in [4.69, 9.17) is 5.11 Å². The van der Waals surface area contributed by atoms with Crippen LogP contribution in [0.15, 0.2) is 46.0 Å². The van der Waals surface area contributed by atoms with Gasteiger partial charge in [0, 0.05) is 6.92 Å². The Bertz CT molecular complexity index is 526. The predicted octanol–water partition coefficient (Wildman–Crippen LogP) is 1.65. The molecule has 0 spiro atoms. The lowest BCUT2D eigenvalue weighted by Crippen LogP contribution is -2.07. The summed E-state index contributed by atoms with van der Waals surface area (Å²) < 4.78 is 0. The Morgan fingerprint density at radius 3 is 2.11 bits per heavy atom. The molecule has 18 heavy (non-hydrogen) atoms. The van der Waals surface area contributed by atoms with Crippen molar-refractivity contribution in [1.29, 1.82) is 0 Å². The van der Waals surface area contributed by atoms with Crippen molar-refractivity contribution in [2.75, 3.05) is 0 Å². The molecule has 0 radical (unpaired) electrons. The van der Waals surface area contributed by atoms with Crippen LogP contribution < -0.4 is 5.11 Å². The van der Waals surface area contributed by atoms with Crippen molar-refractivity contribution in [3.8, 4) is 0 Å². The molecule has 1 aromatic carbocycles. The molecule has 0 saturated heterocycles. The van der Waals surface area contributed by atoms with Crippen molar-refractivity contribution in [2.45, 2.75) is 13.8 Å². The molecule has 0 fully saturated rings. The van der Waals surface area contributed by atoms with Gasteiger partial charge >= 0.3 is 5.97 Å². The van der Waals surface area contributed by atoms with Crippen LogP contribution in [0.3, 0.4) is 0 Å². The van der Waals surface area contributed by atoms with Gasteiger partial charge < -0.3 is 10.2 Å². The van der Waals surface area contributed by atoms with Gasteiger partial charge in [-0.25, -0.2) is 4.79 Å². The average Bonchev–Trinajstić information content (AvgIpc) is 2.28. The normalized spacial score (nSPS) is 12.3. The van der Waals surface area contributed by atoms with Gasteiger partial charge in [0.1, 0.15) is 5.70 Å². The van der Waals surface area contributed by atoms with Gasteiger partial charge in [0.15, 0.2) is 5.78 Å². The predicted molar refractivity (Wildman–Crippen MR) is 61.3 cm³/mol. The van der Waals surface area contributed by atoms with E-state index in [9.17, 15) is 14.7 Å². The van der Waals surface area contributed by atoms with Crippen molar-refractivity contribution in [3.05, 3.63) is 41.3 Å². The fraction of sp³-hybridized carbons (Fsp3) is 0.167. The minimum absolute atomic E-state index is 0.122. The van der Waals surface area contributed by atoms with E-state index in [1.165, 1.54) is 38.1 Å². The summed E-state index contributed by atoms with van der Waals surface area (Å²) in [5, 5.41) is 27.0. The quantitative estimate of drug-likeness (QED) is 0.496. The van der Waals surface area contributed by atoms with Crippen molar-refractivity contribution in [2.24, 2.45) is 10.2 Å². The zero-order valence-corrected chi connectivity index (χ0v) is 9.88. The second-order valence-corrected chi connectivity index (χ2v) is 3.51. The number of carbonyl (C=O) groups is 2.